The van der Waals surface area contributed by atoms with E-state index in [9.17, 15) is 9.59 Å². The number of halogens is 1. The van der Waals surface area contributed by atoms with Crippen molar-refractivity contribution in [3.05, 3.63) is 82.4 Å². The molecule has 1 atom stereocenters. The van der Waals surface area contributed by atoms with Crippen molar-refractivity contribution in [2.24, 2.45) is 0 Å². The van der Waals surface area contributed by atoms with E-state index in [4.69, 9.17) is 16.3 Å². The fraction of sp³-hybridized carbons (Fsp3) is 0.250. The number of hydrogen-bond acceptors (Lipinski definition) is 5. The Kier molecular flexibility index (Phi) is 8.21. The lowest BCUT2D eigenvalue weighted by Gasteiger charge is -2.10. The van der Waals surface area contributed by atoms with Gasteiger partial charge < -0.3 is 15.4 Å². The number of pyridine rings is 1. The topological polar surface area (TPSA) is 98.1 Å². The van der Waals surface area contributed by atoms with Crippen molar-refractivity contribution in [2.45, 2.75) is 26.4 Å². The smallest absolute Gasteiger partial charge is 0.269 e. The number of nitrogens with one attached hydrogen (secondary N) is 2. The van der Waals surface area contributed by atoms with E-state index in [1.165, 1.54) is 12.3 Å². The predicted molar refractivity (Wildman–Crippen MR) is 128 cm³/mol. The van der Waals surface area contributed by atoms with Gasteiger partial charge >= 0.3 is 0 Å². The van der Waals surface area contributed by atoms with Crippen LogP contribution in [0, 0.1) is 0 Å². The molecule has 3 aromatic rings. The highest BCUT2D eigenvalue weighted by molar-refractivity contribution is 6.31. The predicted octanol–water partition coefficient (Wildman–Crippen LogP) is 3.57. The summed E-state index contributed by atoms with van der Waals surface area (Å²) in [5.74, 6) is 0.106. The summed E-state index contributed by atoms with van der Waals surface area (Å²) in [7, 11) is 1.60. The van der Waals surface area contributed by atoms with Gasteiger partial charge in [0.25, 0.3) is 11.8 Å². The molecule has 0 aliphatic heterocycles. The van der Waals surface area contributed by atoms with E-state index in [1.54, 1.807) is 30.1 Å². The fourth-order valence-corrected chi connectivity index (χ4v) is 3.28. The zero-order chi connectivity index (χ0) is 23.8. The quantitative estimate of drug-likeness (QED) is 0.501. The number of methoxy groups -OCH3 is 1. The molecule has 0 aliphatic rings. The number of aromatic nitrogens is 3. The maximum absolute atomic E-state index is 12.5. The van der Waals surface area contributed by atoms with E-state index >= 15 is 0 Å². The molecule has 2 amide bonds. The molecule has 9 heteroatoms. The molecule has 33 heavy (non-hydrogen) atoms. The van der Waals surface area contributed by atoms with Gasteiger partial charge in [-0.1, -0.05) is 29.8 Å². The second-order valence-electron chi connectivity index (χ2n) is 7.34. The molecule has 0 saturated carbocycles. The maximum atomic E-state index is 12.5. The minimum Gasteiger partial charge on any atom is -0.497 e. The lowest BCUT2D eigenvalue weighted by Crippen LogP contribution is -2.31. The van der Waals surface area contributed by atoms with E-state index in [-0.39, 0.29) is 23.6 Å². The molecule has 0 radical (unpaired) electrons. The number of ether oxygens (including phenoxy) is 1. The molecule has 0 saturated heterocycles. The van der Waals surface area contributed by atoms with Gasteiger partial charge in [0.15, 0.2) is 0 Å². The van der Waals surface area contributed by atoms with E-state index in [2.05, 4.69) is 20.7 Å². The first-order valence-electron chi connectivity index (χ1n) is 10.5. The highest BCUT2D eigenvalue weighted by atomic mass is 35.5. The van der Waals surface area contributed by atoms with Gasteiger partial charge in [-0.2, -0.15) is 5.10 Å². The van der Waals surface area contributed by atoms with Gasteiger partial charge in [-0.3, -0.25) is 19.3 Å². The number of carbonyl (C=O) groups is 2. The Hall–Kier alpha value is -3.65. The second-order valence-corrected chi connectivity index (χ2v) is 7.75. The van der Waals surface area contributed by atoms with Crippen molar-refractivity contribution in [2.75, 3.05) is 13.7 Å². The summed E-state index contributed by atoms with van der Waals surface area (Å²) < 4.78 is 6.96. The highest BCUT2D eigenvalue weighted by Crippen LogP contribution is 2.23. The largest absolute Gasteiger partial charge is 0.497 e. The first-order chi connectivity index (χ1) is 15.9. The average molecular weight is 468 g/mol. The van der Waals surface area contributed by atoms with Crippen LogP contribution in [-0.4, -0.2) is 46.3 Å². The monoisotopic (exact) mass is 467 g/mol. The average Bonchev–Trinajstić information content (AvgIpc) is 3.26. The SMILES string of the molecule is CCNC(=O)c1cc(C(=O)N[C@@H](C)C=Cc2cnn(Cc3ccc(OC)cc3Cl)c2)ccn1. The summed E-state index contributed by atoms with van der Waals surface area (Å²) in [4.78, 5) is 28.5. The third-order valence-corrected chi connectivity index (χ3v) is 5.13. The van der Waals surface area contributed by atoms with Crippen molar-refractivity contribution >= 4 is 29.5 Å². The molecule has 0 unspecified atom stereocenters. The summed E-state index contributed by atoms with van der Waals surface area (Å²) in [6.45, 7) is 4.70. The van der Waals surface area contributed by atoms with Crippen LogP contribution in [0.4, 0.5) is 0 Å². The van der Waals surface area contributed by atoms with Crippen LogP contribution in [0.3, 0.4) is 0 Å². The Bertz CT molecular complexity index is 1160. The molecule has 0 fully saturated rings. The van der Waals surface area contributed by atoms with E-state index in [1.807, 2.05) is 44.3 Å². The van der Waals surface area contributed by atoms with Crippen LogP contribution in [0.15, 0.2) is 55.0 Å². The second kappa shape index (κ2) is 11.3. The van der Waals surface area contributed by atoms with Gasteiger partial charge in [-0.15, -0.1) is 0 Å². The standard InChI is InChI=1S/C24H26ClN5O3/c1-4-26-24(32)22-11-18(9-10-27-22)23(31)29-16(2)5-6-17-13-28-30(14-17)15-19-7-8-20(33-3)12-21(19)25/h5-14,16H,4,15H2,1-3H3,(H,26,32)(H,29,31)/t16-/m0/s1. The minimum absolute atomic E-state index is 0.206. The number of benzene rings is 1. The molecule has 0 aliphatic carbocycles. The molecular formula is C24H26ClN5O3. The molecule has 0 bridgehead atoms. The molecule has 8 nitrogen and oxygen atoms in total. The van der Waals surface area contributed by atoms with Crippen LogP contribution in [0.1, 0.15) is 45.8 Å². The zero-order valence-corrected chi connectivity index (χ0v) is 19.5. The van der Waals surface area contributed by atoms with Crippen LogP contribution in [0.2, 0.25) is 5.02 Å². The summed E-state index contributed by atoms with van der Waals surface area (Å²) in [6.07, 6.45) is 8.84. The molecule has 0 spiro atoms. The van der Waals surface area contributed by atoms with Crippen LogP contribution >= 0.6 is 11.6 Å². The zero-order valence-electron chi connectivity index (χ0n) is 18.7. The van der Waals surface area contributed by atoms with Gasteiger partial charge in [-0.25, -0.2) is 0 Å². The van der Waals surface area contributed by atoms with Crippen LogP contribution < -0.4 is 15.4 Å². The van der Waals surface area contributed by atoms with Gasteiger partial charge in [0.05, 0.1) is 19.9 Å². The Labute approximate surface area is 197 Å². The number of rotatable bonds is 9. The Morgan fingerprint density at radius 2 is 2.06 bits per heavy atom. The van der Waals surface area contributed by atoms with Crippen molar-refractivity contribution in [1.82, 2.24) is 25.4 Å². The van der Waals surface area contributed by atoms with Crippen molar-refractivity contribution in [3.8, 4) is 5.75 Å². The normalized spacial score (nSPS) is 11.9. The van der Waals surface area contributed by atoms with Gasteiger partial charge in [0.2, 0.25) is 0 Å². The van der Waals surface area contributed by atoms with Gasteiger partial charge in [-0.05, 0) is 43.7 Å². The summed E-state index contributed by atoms with van der Waals surface area (Å²) >= 11 is 6.31. The number of nitrogens with zero attached hydrogens (tertiary/aromatic N) is 3. The third kappa shape index (κ3) is 6.66. The van der Waals surface area contributed by atoms with E-state index in [0.29, 0.717) is 29.4 Å². The van der Waals surface area contributed by atoms with Gasteiger partial charge in [0.1, 0.15) is 11.4 Å². The summed E-state index contributed by atoms with van der Waals surface area (Å²) in [5.41, 5.74) is 2.40. The summed E-state index contributed by atoms with van der Waals surface area (Å²) in [6, 6.07) is 8.35. The van der Waals surface area contributed by atoms with Crippen molar-refractivity contribution in [1.29, 1.82) is 0 Å². The lowest BCUT2D eigenvalue weighted by atomic mass is 10.2. The fourth-order valence-electron chi connectivity index (χ4n) is 3.05. The van der Waals surface area contributed by atoms with E-state index < -0.39 is 0 Å². The number of hydrogen-bond donors (Lipinski definition) is 2. The van der Waals surface area contributed by atoms with Crippen LogP contribution in [0.5, 0.6) is 5.75 Å². The Morgan fingerprint density at radius 3 is 2.79 bits per heavy atom. The first kappa shape index (κ1) is 24.0. The van der Waals surface area contributed by atoms with Crippen molar-refractivity contribution < 1.29 is 14.3 Å². The molecule has 3 rings (SSSR count). The molecule has 2 N–H and O–H groups in total. The number of amides is 2. The molecular weight excluding hydrogens is 442 g/mol. The Morgan fingerprint density at radius 1 is 1.24 bits per heavy atom. The van der Waals surface area contributed by atoms with Gasteiger partial charge in [0, 0.05) is 41.1 Å². The Balaban J connectivity index is 1.58. The number of carbonyl (C=O) groups excluding carboxylic acids is 2. The molecule has 1 aromatic carbocycles. The first-order valence-corrected chi connectivity index (χ1v) is 10.9. The minimum atomic E-state index is -0.312. The molecule has 2 aromatic heterocycles. The lowest BCUT2D eigenvalue weighted by molar-refractivity contribution is 0.0947. The van der Waals surface area contributed by atoms with E-state index in [0.717, 1.165) is 11.1 Å². The van der Waals surface area contributed by atoms with Crippen molar-refractivity contribution in [3.63, 3.8) is 0 Å². The maximum Gasteiger partial charge on any atom is 0.269 e. The summed E-state index contributed by atoms with van der Waals surface area (Å²) in [5, 5.41) is 10.5. The molecule has 172 valence electrons. The highest BCUT2D eigenvalue weighted by Gasteiger charge is 2.12. The van der Waals surface area contributed by atoms with Crippen LogP contribution in [-0.2, 0) is 6.54 Å². The van der Waals surface area contributed by atoms with Crippen LogP contribution in [0.25, 0.3) is 6.08 Å². The third-order valence-electron chi connectivity index (χ3n) is 4.77. The molecule has 2 heterocycles.